The number of carbonyl (C=O) groups is 1. The Morgan fingerprint density at radius 1 is 1.38 bits per heavy atom. The highest BCUT2D eigenvalue weighted by Gasteiger charge is 2.18. The van der Waals surface area contributed by atoms with E-state index >= 15 is 0 Å². The number of aromatic nitrogens is 1. The fourth-order valence-corrected chi connectivity index (χ4v) is 1.74. The van der Waals surface area contributed by atoms with Crippen LogP contribution in [0.25, 0.3) is 0 Å². The lowest BCUT2D eigenvalue weighted by atomic mass is 10.2. The largest absolute Gasteiger partial charge is 0.486 e. The van der Waals surface area contributed by atoms with E-state index in [2.05, 4.69) is 4.98 Å². The maximum absolute atomic E-state index is 11.0. The molecule has 0 saturated heterocycles. The highest BCUT2D eigenvalue weighted by molar-refractivity contribution is 5.88. The first-order chi connectivity index (χ1) is 10.1. The number of nitrogens with zero attached hydrogens (tertiary/aromatic N) is 2. The summed E-state index contributed by atoms with van der Waals surface area (Å²) in [6.07, 6.45) is 3.89. The van der Waals surface area contributed by atoms with Crippen molar-refractivity contribution in [3.8, 4) is 5.75 Å². The molecule has 0 amide bonds. The standard InChI is InChI=1S/C14H12N2O5/c17-14(18)11-3-4-13(12(8-11)16(19)20)21-7-5-10-2-1-6-15-9-10/h1-4,6,8-9H,5,7H2,(H,17,18). The van der Waals surface area contributed by atoms with Crippen molar-refractivity contribution < 1.29 is 19.6 Å². The highest BCUT2D eigenvalue weighted by atomic mass is 16.6. The molecule has 0 aliphatic carbocycles. The lowest BCUT2D eigenvalue weighted by Crippen LogP contribution is -2.05. The van der Waals surface area contributed by atoms with Gasteiger partial charge in [0.25, 0.3) is 0 Å². The number of aromatic carboxylic acids is 1. The summed E-state index contributed by atoms with van der Waals surface area (Å²) >= 11 is 0. The molecule has 0 radical (unpaired) electrons. The van der Waals surface area contributed by atoms with Gasteiger partial charge in [0.15, 0.2) is 5.75 Å². The summed E-state index contributed by atoms with van der Waals surface area (Å²) in [6.45, 7) is 0.235. The van der Waals surface area contributed by atoms with Crippen molar-refractivity contribution in [2.45, 2.75) is 6.42 Å². The van der Waals surface area contributed by atoms with E-state index in [9.17, 15) is 14.9 Å². The van der Waals surface area contributed by atoms with E-state index in [4.69, 9.17) is 9.84 Å². The van der Waals surface area contributed by atoms with Gasteiger partial charge in [-0.1, -0.05) is 6.07 Å². The van der Waals surface area contributed by atoms with Gasteiger partial charge in [-0.25, -0.2) is 4.79 Å². The minimum atomic E-state index is -1.22. The van der Waals surface area contributed by atoms with E-state index in [1.807, 2.05) is 6.07 Å². The first-order valence-corrected chi connectivity index (χ1v) is 6.11. The van der Waals surface area contributed by atoms with E-state index in [1.54, 1.807) is 18.5 Å². The summed E-state index contributed by atoms with van der Waals surface area (Å²) in [5, 5.41) is 19.8. The second kappa shape index (κ2) is 6.47. The van der Waals surface area contributed by atoms with Crippen LogP contribution in [0, 0.1) is 10.1 Å². The Morgan fingerprint density at radius 3 is 2.81 bits per heavy atom. The van der Waals surface area contributed by atoms with Crippen LogP contribution in [0.2, 0.25) is 0 Å². The summed E-state index contributed by atoms with van der Waals surface area (Å²) in [6, 6.07) is 7.22. The van der Waals surface area contributed by atoms with Gasteiger partial charge in [-0.3, -0.25) is 15.1 Å². The van der Waals surface area contributed by atoms with Gasteiger partial charge >= 0.3 is 11.7 Å². The number of carboxylic acid groups (broad SMARTS) is 1. The molecule has 0 bridgehead atoms. The topological polar surface area (TPSA) is 103 Å². The normalized spacial score (nSPS) is 10.1. The van der Waals surface area contributed by atoms with E-state index in [0.717, 1.165) is 11.6 Å². The monoisotopic (exact) mass is 288 g/mol. The number of ether oxygens (including phenoxy) is 1. The molecule has 1 aromatic carbocycles. The molecular weight excluding hydrogens is 276 g/mol. The van der Waals surface area contributed by atoms with Crippen molar-refractivity contribution in [3.63, 3.8) is 0 Å². The third-order valence-corrected chi connectivity index (χ3v) is 2.77. The van der Waals surface area contributed by atoms with Gasteiger partial charge < -0.3 is 9.84 Å². The van der Waals surface area contributed by atoms with Crippen LogP contribution in [0.1, 0.15) is 15.9 Å². The molecule has 0 spiro atoms. The van der Waals surface area contributed by atoms with Crippen molar-refractivity contribution >= 4 is 11.7 Å². The van der Waals surface area contributed by atoms with Crippen LogP contribution < -0.4 is 4.74 Å². The number of hydrogen-bond donors (Lipinski definition) is 1. The van der Waals surface area contributed by atoms with Crippen molar-refractivity contribution in [2.24, 2.45) is 0 Å². The van der Waals surface area contributed by atoms with Crippen molar-refractivity contribution in [2.75, 3.05) is 6.61 Å². The summed E-state index contributed by atoms with van der Waals surface area (Å²) in [7, 11) is 0. The van der Waals surface area contributed by atoms with Crippen LogP contribution in [0.15, 0.2) is 42.7 Å². The van der Waals surface area contributed by atoms with Crippen molar-refractivity contribution in [1.82, 2.24) is 4.98 Å². The Balaban J connectivity index is 2.09. The van der Waals surface area contributed by atoms with E-state index in [-0.39, 0.29) is 23.6 Å². The number of rotatable bonds is 6. The summed E-state index contributed by atoms with van der Waals surface area (Å²) < 4.78 is 5.37. The molecule has 2 rings (SSSR count). The molecule has 1 heterocycles. The van der Waals surface area contributed by atoms with Gasteiger partial charge in [0.2, 0.25) is 0 Å². The molecule has 0 fully saturated rings. The van der Waals surface area contributed by atoms with E-state index in [1.165, 1.54) is 12.1 Å². The van der Waals surface area contributed by atoms with Gasteiger partial charge in [0, 0.05) is 24.9 Å². The Morgan fingerprint density at radius 2 is 2.19 bits per heavy atom. The molecule has 2 aromatic rings. The van der Waals surface area contributed by atoms with Crippen molar-refractivity contribution in [1.29, 1.82) is 0 Å². The zero-order valence-corrected chi connectivity index (χ0v) is 10.9. The highest BCUT2D eigenvalue weighted by Crippen LogP contribution is 2.28. The van der Waals surface area contributed by atoms with Gasteiger partial charge in [-0.2, -0.15) is 0 Å². The number of carboxylic acids is 1. The van der Waals surface area contributed by atoms with Gasteiger partial charge in [-0.05, 0) is 23.8 Å². The molecule has 21 heavy (non-hydrogen) atoms. The summed E-state index contributed by atoms with van der Waals surface area (Å²) in [5.74, 6) is -1.17. The van der Waals surface area contributed by atoms with Crippen LogP contribution >= 0.6 is 0 Å². The number of benzene rings is 1. The fraction of sp³-hybridized carbons (Fsp3) is 0.143. The van der Waals surface area contributed by atoms with E-state index in [0.29, 0.717) is 6.42 Å². The van der Waals surface area contributed by atoms with Gasteiger partial charge in [0.1, 0.15) is 0 Å². The molecule has 0 unspecified atom stereocenters. The Hall–Kier alpha value is -2.96. The van der Waals surface area contributed by atoms with Crippen LogP contribution in [0.3, 0.4) is 0 Å². The maximum Gasteiger partial charge on any atom is 0.335 e. The first-order valence-electron chi connectivity index (χ1n) is 6.11. The summed E-state index contributed by atoms with van der Waals surface area (Å²) in [4.78, 5) is 25.1. The van der Waals surface area contributed by atoms with E-state index < -0.39 is 10.9 Å². The molecular formula is C14H12N2O5. The average molecular weight is 288 g/mol. The zero-order valence-electron chi connectivity index (χ0n) is 10.9. The number of hydrogen-bond acceptors (Lipinski definition) is 5. The average Bonchev–Trinajstić information content (AvgIpc) is 2.48. The molecule has 7 heteroatoms. The van der Waals surface area contributed by atoms with Crippen LogP contribution in [0.4, 0.5) is 5.69 Å². The Kier molecular flexibility index (Phi) is 4.45. The number of nitro benzene ring substituents is 1. The second-order valence-electron chi connectivity index (χ2n) is 4.20. The molecule has 0 atom stereocenters. The second-order valence-corrected chi connectivity index (χ2v) is 4.20. The molecule has 0 saturated carbocycles. The SMILES string of the molecule is O=C(O)c1ccc(OCCc2cccnc2)c([N+](=O)[O-])c1. The molecule has 1 N–H and O–H groups in total. The fourth-order valence-electron chi connectivity index (χ4n) is 1.74. The van der Waals surface area contributed by atoms with Crippen LogP contribution in [-0.2, 0) is 6.42 Å². The minimum Gasteiger partial charge on any atom is -0.486 e. The predicted molar refractivity (Wildman–Crippen MR) is 73.5 cm³/mol. The van der Waals surface area contributed by atoms with Crippen LogP contribution in [-0.4, -0.2) is 27.6 Å². The molecule has 0 aliphatic heterocycles. The lowest BCUT2D eigenvalue weighted by molar-refractivity contribution is -0.385. The predicted octanol–water partition coefficient (Wildman–Crippen LogP) is 2.31. The first kappa shape index (κ1) is 14.4. The quantitative estimate of drug-likeness (QED) is 0.646. The molecule has 0 aliphatic rings. The van der Waals surface area contributed by atoms with Gasteiger partial charge in [0.05, 0.1) is 17.1 Å². The lowest BCUT2D eigenvalue weighted by Gasteiger charge is -2.07. The zero-order chi connectivity index (χ0) is 15.2. The molecule has 7 nitrogen and oxygen atoms in total. The van der Waals surface area contributed by atoms with Crippen molar-refractivity contribution in [3.05, 3.63) is 64.0 Å². The molecule has 1 aromatic heterocycles. The number of pyridine rings is 1. The van der Waals surface area contributed by atoms with Gasteiger partial charge in [-0.15, -0.1) is 0 Å². The minimum absolute atomic E-state index is 0.0499. The molecule has 108 valence electrons. The summed E-state index contributed by atoms with van der Waals surface area (Å²) in [5.41, 5.74) is 0.435. The number of nitro groups is 1. The third-order valence-electron chi connectivity index (χ3n) is 2.77. The van der Waals surface area contributed by atoms with Crippen LogP contribution in [0.5, 0.6) is 5.75 Å². The Labute approximate surface area is 120 Å². The smallest absolute Gasteiger partial charge is 0.335 e. The third kappa shape index (κ3) is 3.75. The maximum atomic E-state index is 11.0. The Bertz CT molecular complexity index is 658.